The van der Waals surface area contributed by atoms with Crippen LogP contribution in [-0.4, -0.2) is 49.4 Å². The van der Waals surface area contributed by atoms with Crippen molar-refractivity contribution < 1.29 is 18.0 Å². The van der Waals surface area contributed by atoms with Crippen LogP contribution in [-0.2, 0) is 26.0 Å². The van der Waals surface area contributed by atoms with Crippen LogP contribution in [0.5, 0.6) is 0 Å². The minimum absolute atomic E-state index is 0.0812. The molecule has 1 aliphatic rings. The van der Waals surface area contributed by atoms with Crippen molar-refractivity contribution in [1.82, 2.24) is 9.62 Å². The van der Waals surface area contributed by atoms with E-state index in [1.165, 1.54) is 10.6 Å². The van der Waals surface area contributed by atoms with E-state index in [4.69, 9.17) is 5.73 Å². The highest BCUT2D eigenvalue weighted by molar-refractivity contribution is 7.88. The van der Waals surface area contributed by atoms with Gasteiger partial charge in [0.25, 0.3) is 0 Å². The van der Waals surface area contributed by atoms with Gasteiger partial charge >= 0.3 is 0 Å². The van der Waals surface area contributed by atoms with Gasteiger partial charge in [0, 0.05) is 24.9 Å². The Hall–Kier alpha value is -2.45. The van der Waals surface area contributed by atoms with Gasteiger partial charge in [-0.15, -0.1) is 0 Å². The predicted octanol–water partition coefficient (Wildman–Crippen LogP) is 2.97. The van der Waals surface area contributed by atoms with Crippen molar-refractivity contribution in [2.75, 3.05) is 12.8 Å². The van der Waals surface area contributed by atoms with E-state index in [0.29, 0.717) is 0 Å². The Morgan fingerprint density at radius 2 is 1.70 bits per heavy atom. The molecule has 2 unspecified atom stereocenters. The normalized spacial score (nSPS) is 17.4. The summed E-state index contributed by atoms with van der Waals surface area (Å²) in [5, 5.41) is 4.89. The van der Waals surface area contributed by atoms with Crippen LogP contribution in [0.2, 0.25) is 0 Å². The summed E-state index contributed by atoms with van der Waals surface area (Å²) >= 11 is 0. The van der Waals surface area contributed by atoms with Crippen LogP contribution in [0.25, 0.3) is 10.8 Å². The number of nitrogens with zero attached hydrogens (tertiary/aromatic N) is 1. The largest absolute Gasteiger partial charge is 0.368 e. The molecule has 0 saturated heterocycles. The van der Waals surface area contributed by atoms with E-state index in [1.807, 2.05) is 42.5 Å². The van der Waals surface area contributed by atoms with Crippen molar-refractivity contribution in [2.24, 2.45) is 11.7 Å². The van der Waals surface area contributed by atoms with Crippen molar-refractivity contribution in [3.05, 3.63) is 48.0 Å². The summed E-state index contributed by atoms with van der Waals surface area (Å²) in [6.45, 7) is 1.79. The van der Waals surface area contributed by atoms with Gasteiger partial charge in [0.05, 0.1) is 6.26 Å². The second-order valence-corrected chi connectivity index (χ2v) is 11.2. The lowest BCUT2D eigenvalue weighted by Crippen LogP contribution is -2.50. The fourth-order valence-corrected chi connectivity index (χ4v) is 5.84. The first kappa shape index (κ1) is 25.2. The van der Waals surface area contributed by atoms with Crippen LogP contribution in [0.1, 0.15) is 51.0 Å². The van der Waals surface area contributed by atoms with E-state index < -0.39 is 27.9 Å². The van der Waals surface area contributed by atoms with Gasteiger partial charge in [0.15, 0.2) is 0 Å². The Kier molecular flexibility index (Phi) is 8.48. The molecule has 0 radical (unpaired) electrons. The zero-order chi connectivity index (χ0) is 24.0. The van der Waals surface area contributed by atoms with Gasteiger partial charge < -0.3 is 11.1 Å². The number of nitrogens with one attached hydrogen (secondary N) is 1. The van der Waals surface area contributed by atoms with Crippen LogP contribution in [0, 0.1) is 5.92 Å². The van der Waals surface area contributed by atoms with E-state index >= 15 is 0 Å². The van der Waals surface area contributed by atoms with E-state index in [-0.39, 0.29) is 24.9 Å². The zero-order valence-corrected chi connectivity index (χ0v) is 20.3. The summed E-state index contributed by atoms with van der Waals surface area (Å²) in [6.07, 6.45) is 7.31. The average molecular weight is 474 g/mol. The zero-order valence-electron chi connectivity index (χ0n) is 19.5. The van der Waals surface area contributed by atoms with Gasteiger partial charge in [-0.2, -0.15) is 4.31 Å². The Bertz CT molecular complexity index is 1080. The highest BCUT2D eigenvalue weighted by Crippen LogP contribution is 2.25. The molecule has 0 aliphatic heterocycles. The van der Waals surface area contributed by atoms with Crippen LogP contribution >= 0.6 is 0 Å². The summed E-state index contributed by atoms with van der Waals surface area (Å²) in [5.41, 5.74) is 6.48. The second-order valence-electron chi connectivity index (χ2n) is 9.23. The van der Waals surface area contributed by atoms with E-state index in [1.54, 1.807) is 6.92 Å². The van der Waals surface area contributed by atoms with Gasteiger partial charge in [-0.05, 0) is 29.2 Å². The first-order valence-corrected chi connectivity index (χ1v) is 13.5. The van der Waals surface area contributed by atoms with Gasteiger partial charge in [-0.25, -0.2) is 8.42 Å². The molecule has 2 amide bonds. The lowest BCUT2D eigenvalue weighted by Gasteiger charge is -2.31. The fraction of sp³-hybridized carbons (Fsp3) is 0.520. The van der Waals surface area contributed by atoms with Crippen molar-refractivity contribution in [1.29, 1.82) is 0 Å². The van der Waals surface area contributed by atoms with Gasteiger partial charge in [-0.3, -0.25) is 9.59 Å². The lowest BCUT2D eigenvalue weighted by atomic mass is 10.0. The SMILES string of the molecule is CC(CN(C1CCCCCC1)S(C)(=O)=O)C(=O)NC(Cc1ccc2ccccc2c1)C(N)=O. The maximum Gasteiger partial charge on any atom is 0.240 e. The number of primary amides is 1. The molecule has 1 saturated carbocycles. The molecular formula is C25H35N3O4S. The van der Waals surface area contributed by atoms with E-state index in [9.17, 15) is 18.0 Å². The molecule has 3 rings (SSSR count). The summed E-state index contributed by atoms with van der Waals surface area (Å²) < 4.78 is 26.5. The number of amides is 2. The van der Waals surface area contributed by atoms with Crippen molar-refractivity contribution >= 4 is 32.6 Å². The molecule has 0 aromatic heterocycles. The van der Waals surface area contributed by atoms with Crippen molar-refractivity contribution in [3.63, 3.8) is 0 Å². The molecule has 1 aliphatic carbocycles. The Balaban J connectivity index is 1.68. The number of rotatable bonds is 9. The predicted molar refractivity (Wildman–Crippen MR) is 131 cm³/mol. The molecule has 33 heavy (non-hydrogen) atoms. The molecule has 180 valence electrons. The monoisotopic (exact) mass is 473 g/mol. The number of carbonyl (C=O) groups is 2. The highest BCUT2D eigenvalue weighted by atomic mass is 32.2. The summed E-state index contributed by atoms with van der Waals surface area (Å²) in [5.74, 6) is -1.60. The third-order valence-electron chi connectivity index (χ3n) is 6.47. The number of hydrogen-bond donors (Lipinski definition) is 2. The molecule has 7 nitrogen and oxygen atoms in total. The van der Waals surface area contributed by atoms with Crippen LogP contribution in [0.15, 0.2) is 42.5 Å². The molecule has 1 fully saturated rings. The Morgan fingerprint density at radius 1 is 1.06 bits per heavy atom. The lowest BCUT2D eigenvalue weighted by molar-refractivity contribution is -0.129. The maximum absolute atomic E-state index is 12.9. The van der Waals surface area contributed by atoms with Crippen LogP contribution in [0.3, 0.4) is 0 Å². The first-order chi connectivity index (χ1) is 15.6. The summed E-state index contributed by atoms with van der Waals surface area (Å²) in [4.78, 5) is 25.0. The molecule has 8 heteroatoms. The standard InChI is InChI=1S/C25H35N3O4S/c1-18(17-28(33(2,31)32)22-11-5-3-4-6-12-22)25(30)27-23(24(26)29)16-19-13-14-20-9-7-8-10-21(20)15-19/h7-10,13-15,18,22-23H,3-6,11-12,16-17H2,1-2H3,(H2,26,29)(H,27,30). The molecule has 2 aromatic carbocycles. The number of benzene rings is 2. The Morgan fingerprint density at radius 3 is 2.30 bits per heavy atom. The van der Waals surface area contributed by atoms with Crippen LogP contribution < -0.4 is 11.1 Å². The molecule has 0 bridgehead atoms. The average Bonchev–Trinajstić information content (AvgIpc) is 3.05. The first-order valence-electron chi connectivity index (χ1n) is 11.7. The smallest absolute Gasteiger partial charge is 0.240 e. The van der Waals surface area contributed by atoms with Crippen LogP contribution in [0.4, 0.5) is 0 Å². The third kappa shape index (κ3) is 7.01. The number of sulfonamides is 1. The number of hydrogen-bond acceptors (Lipinski definition) is 4. The minimum Gasteiger partial charge on any atom is -0.368 e. The topological polar surface area (TPSA) is 110 Å². The van der Waals surface area contributed by atoms with E-state index in [2.05, 4.69) is 5.32 Å². The highest BCUT2D eigenvalue weighted by Gasteiger charge is 2.31. The fourth-order valence-electron chi connectivity index (χ4n) is 4.59. The quantitative estimate of drug-likeness (QED) is 0.546. The molecule has 0 heterocycles. The number of carbonyl (C=O) groups excluding carboxylic acids is 2. The molecule has 2 aromatic rings. The van der Waals surface area contributed by atoms with E-state index in [0.717, 1.165) is 54.9 Å². The summed E-state index contributed by atoms with van der Waals surface area (Å²) in [6, 6.07) is 12.8. The maximum atomic E-state index is 12.9. The summed E-state index contributed by atoms with van der Waals surface area (Å²) in [7, 11) is -3.46. The van der Waals surface area contributed by atoms with Gasteiger partial charge in [-0.1, -0.05) is 75.1 Å². The molecule has 0 spiro atoms. The Labute approximate surface area is 196 Å². The van der Waals surface area contributed by atoms with Gasteiger partial charge in [0.2, 0.25) is 21.8 Å². The minimum atomic E-state index is -3.46. The van der Waals surface area contributed by atoms with Crippen molar-refractivity contribution in [2.45, 2.75) is 64.0 Å². The number of fused-ring (bicyclic) bond motifs is 1. The second kappa shape index (κ2) is 11.1. The molecule has 2 atom stereocenters. The third-order valence-corrected chi connectivity index (χ3v) is 7.77. The van der Waals surface area contributed by atoms with Crippen molar-refractivity contribution in [3.8, 4) is 0 Å². The number of nitrogens with two attached hydrogens (primary N) is 1. The van der Waals surface area contributed by atoms with Gasteiger partial charge in [0.1, 0.15) is 6.04 Å². The molecule has 3 N–H and O–H groups in total. The molecular weight excluding hydrogens is 438 g/mol.